The minimum Gasteiger partial charge on any atom is -0.313 e. The first-order valence-corrected chi connectivity index (χ1v) is 6.71. The van der Waals surface area contributed by atoms with Crippen LogP contribution >= 0.6 is 0 Å². The third kappa shape index (κ3) is 2.54. The van der Waals surface area contributed by atoms with Gasteiger partial charge in [0.2, 0.25) is 0 Å². The smallest absolute Gasteiger partial charge is 0.313 e. The van der Waals surface area contributed by atoms with Crippen LogP contribution in [0.3, 0.4) is 0 Å². The Morgan fingerprint density at radius 2 is 2.09 bits per heavy atom. The number of aryl methyl sites for hydroxylation is 1. The highest BCUT2D eigenvalue weighted by Gasteiger charge is 2.46. The largest absolute Gasteiger partial charge is 0.409 e. The van der Waals surface area contributed by atoms with Crippen molar-refractivity contribution in [3.63, 3.8) is 0 Å². The lowest BCUT2D eigenvalue weighted by molar-refractivity contribution is -0.149. The summed E-state index contributed by atoms with van der Waals surface area (Å²) in [6, 6.07) is 3.01. The molecule has 0 aliphatic carbocycles. The van der Waals surface area contributed by atoms with Gasteiger partial charge in [0.05, 0.1) is 6.20 Å². The molecule has 0 saturated carbocycles. The standard InChI is InChI=1S/C15H12F3N3O/c16-15(17,18)13-4-2-11-7-10(9-22)1-3-12(11)21(13)14-8-19-5-6-20-14/h1,3,5-9,13H,2,4H2. The normalized spacial score (nSPS) is 18.0. The Kier molecular flexibility index (Phi) is 3.56. The maximum Gasteiger partial charge on any atom is 0.409 e. The van der Waals surface area contributed by atoms with E-state index in [-0.39, 0.29) is 18.7 Å². The molecular formula is C15H12F3N3O. The second kappa shape index (κ2) is 5.40. The van der Waals surface area contributed by atoms with Crippen molar-refractivity contribution in [2.45, 2.75) is 25.1 Å². The van der Waals surface area contributed by atoms with Crippen molar-refractivity contribution in [2.24, 2.45) is 0 Å². The lowest BCUT2D eigenvalue weighted by Crippen LogP contribution is -2.46. The molecule has 1 aromatic carbocycles. The molecule has 1 unspecified atom stereocenters. The average Bonchev–Trinajstić information content (AvgIpc) is 2.53. The van der Waals surface area contributed by atoms with E-state index in [2.05, 4.69) is 9.97 Å². The monoisotopic (exact) mass is 307 g/mol. The zero-order valence-corrected chi connectivity index (χ0v) is 11.4. The van der Waals surface area contributed by atoms with E-state index in [9.17, 15) is 18.0 Å². The Bertz CT molecular complexity index is 688. The first kappa shape index (κ1) is 14.5. The van der Waals surface area contributed by atoms with Crippen LogP contribution in [0.4, 0.5) is 24.7 Å². The van der Waals surface area contributed by atoms with Crippen LogP contribution in [0.5, 0.6) is 0 Å². The number of aromatic nitrogens is 2. The Labute approximate surface area is 124 Å². The number of hydrogen-bond donors (Lipinski definition) is 0. The molecule has 1 aliphatic rings. The summed E-state index contributed by atoms with van der Waals surface area (Å²) in [7, 11) is 0. The minimum absolute atomic E-state index is 0.0879. The van der Waals surface area contributed by atoms with E-state index in [4.69, 9.17) is 0 Å². The van der Waals surface area contributed by atoms with Gasteiger partial charge in [-0.05, 0) is 36.6 Å². The van der Waals surface area contributed by atoms with Crippen LogP contribution in [0.25, 0.3) is 0 Å². The topological polar surface area (TPSA) is 46.1 Å². The maximum atomic E-state index is 13.4. The first-order chi connectivity index (χ1) is 10.5. The van der Waals surface area contributed by atoms with E-state index in [1.54, 1.807) is 6.07 Å². The van der Waals surface area contributed by atoms with E-state index in [0.29, 0.717) is 23.1 Å². The summed E-state index contributed by atoms with van der Waals surface area (Å²) in [5.41, 5.74) is 1.57. The summed E-state index contributed by atoms with van der Waals surface area (Å²) in [6.45, 7) is 0. The molecule has 0 amide bonds. The van der Waals surface area contributed by atoms with Gasteiger partial charge in [0.15, 0.2) is 5.82 Å². The van der Waals surface area contributed by atoms with Crippen molar-refractivity contribution in [3.8, 4) is 0 Å². The number of hydrogen-bond acceptors (Lipinski definition) is 4. The molecule has 7 heteroatoms. The van der Waals surface area contributed by atoms with E-state index >= 15 is 0 Å². The summed E-state index contributed by atoms with van der Waals surface area (Å²) in [4.78, 5) is 19.9. The number of carbonyl (C=O) groups excluding carboxylic acids is 1. The van der Waals surface area contributed by atoms with E-state index in [1.807, 2.05) is 0 Å². The Morgan fingerprint density at radius 3 is 2.73 bits per heavy atom. The molecule has 2 heterocycles. The molecule has 114 valence electrons. The predicted octanol–water partition coefficient (Wildman–Crippen LogP) is 3.30. The number of rotatable bonds is 2. The number of aldehydes is 1. The summed E-state index contributed by atoms with van der Waals surface area (Å²) in [6.07, 6.45) is 0.555. The Morgan fingerprint density at radius 1 is 1.27 bits per heavy atom. The van der Waals surface area contributed by atoms with Gasteiger partial charge >= 0.3 is 6.18 Å². The number of anilines is 2. The fraction of sp³-hybridized carbons (Fsp3) is 0.267. The highest BCUT2D eigenvalue weighted by molar-refractivity contribution is 5.78. The number of benzene rings is 1. The highest BCUT2D eigenvalue weighted by atomic mass is 19.4. The van der Waals surface area contributed by atoms with Gasteiger partial charge in [-0.25, -0.2) is 4.98 Å². The maximum absolute atomic E-state index is 13.4. The fourth-order valence-corrected chi connectivity index (χ4v) is 2.71. The van der Waals surface area contributed by atoms with Gasteiger partial charge < -0.3 is 4.90 Å². The lowest BCUT2D eigenvalue weighted by atomic mass is 9.94. The Balaban J connectivity index is 2.13. The van der Waals surface area contributed by atoms with Crippen molar-refractivity contribution in [1.82, 2.24) is 9.97 Å². The van der Waals surface area contributed by atoms with Gasteiger partial charge in [0.1, 0.15) is 12.3 Å². The average molecular weight is 307 g/mol. The minimum atomic E-state index is -4.38. The quantitative estimate of drug-likeness (QED) is 0.799. The molecule has 1 aliphatic heterocycles. The molecular weight excluding hydrogens is 295 g/mol. The van der Waals surface area contributed by atoms with Gasteiger partial charge in [0, 0.05) is 23.6 Å². The number of alkyl halides is 3. The number of halogens is 3. The van der Waals surface area contributed by atoms with E-state index in [0.717, 1.165) is 4.90 Å². The van der Waals surface area contributed by atoms with E-state index < -0.39 is 12.2 Å². The van der Waals surface area contributed by atoms with Crippen molar-refractivity contribution in [3.05, 3.63) is 47.9 Å². The molecule has 0 radical (unpaired) electrons. The number of nitrogens with zero attached hydrogens (tertiary/aromatic N) is 3. The molecule has 0 bridgehead atoms. The van der Waals surface area contributed by atoms with Gasteiger partial charge in [-0.15, -0.1) is 0 Å². The van der Waals surface area contributed by atoms with Crippen molar-refractivity contribution in [2.75, 3.05) is 4.90 Å². The summed E-state index contributed by atoms with van der Waals surface area (Å²) >= 11 is 0. The fourth-order valence-electron chi connectivity index (χ4n) is 2.71. The van der Waals surface area contributed by atoms with Crippen molar-refractivity contribution < 1.29 is 18.0 Å². The summed E-state index contributed by atoms with van der Waals surface area (Å²) in [5, 5.41) is 0. The Hall–Kier alpha value is -2.44. The summed E-state index contributed by atoms with van der Waals surface area (Å²) < 4.78 is 40.1. The van der Waals surface area contributed by atoms with Crippen molar-refractivity contribution in [1.29, 1.82) is 0 Å². The van der Waals surface area contributed by atoms with Crippen LogP contribution in [-0.4, -0.2) is 28.5 Å². The molecule has 0 saturated heterocycles. The lowest BCUT2D eigenvalue weighted by Gasteiger charge is -2.38. The molecule has 0 spiro atoms. The molecule has 1 aromatic heterocycles. The van der Waals surface area contributed by atoms with Gasteiger partial charge in [-0.3, -0.25) is 9.78 Å². The summed E-state index contributed by atoms with van der Waals surface area (Å²) in [5.74, 6) is 0.143. The molecule has 3 rings (SSSR count). The molecule has 1 atom stereocenters. The van der Waals surface area contributed by atoms with Crippen molar-refractivity contribution >= 4 is 17.8 Å². The van der Waals surface area contributed by atoms with Gasteiger partial charge in [-0.2, -0.15) is 13.2 Å². The highest BCUT2D eigenvalue weighted by Crippen LogP contribution is 2.41. The molecule has 0 fully saturated rings. The zero-order chi connectivity index (χ0) is 15.7. The van der Waals surface area contributed by atoms with Crippen LogP contribution < -0.4 is 4.90 Å². The van der Waals surface area contributed by atoms with Gasteiger partial charge in [0.25, 0.3) is 0 Å². The molecule has 0 N–H and O–H groups in total. The third-order valence-electron chi connectivity index (χ3n) is 3.67. The zero-order valence-electron chi connectivity index (χ0n) is 11.4. The second-order valence-corrected chi connectivity index (χ2v) is 5.04. The van der Waals surface area contributed by atoms with Crippen LogP contribution in [0, 0.1) is 0 Å². The van der Waals surface area contributed by atoms with E-state index in [1.165, 1.54) is 30.7 Å². The third-order valence-corrected chi connectivity index (χ3v) is 3.67. The molecule has 4 nitrogen and oxygen atoms in total. The van der Waals surface area contributed by atoms with Crippen LogP contribution in [0.2, 0.25) is 0 Å². The first-order valence-electron chi connectivity index (χ1n) is 6.71. The second-order valence-electron chi connectivity index (χ2n) is 5.04. The van der Waals surface area contributed by atoms with Crippen LogP contribution in [0.1, 0.15) is 22.3 Å². The SMILES string of the molecule is O=Cc1ccc2c(c1)CCC(C(F)(F)F)N2c1cnccn1. The number of fused-ring (bicyclic) bond motifs is 1. The predicted molar refractivity (Wildman–Crippen MR) is 74.2 cm³/mol. The van der Waals surface area contributed by atoms with Gasteiger partial charge in [-0.1, -0.05) is 0 Å². The molecule has 22 heavy (non-hydrogen) atoms. The number of carbonyl (C=O) groups is 1. The molecule has 2 aromatic rings. The van der Waals surface area contributed by atoms with Crippen LogP contribution in [-0.2, 0) is 6.42 Å². The van der Waals surface area contributed by atoms with Crippen LogP contribution in [0.15, 0.2) is 36.8 Å².